The normalized spacial score (nSPS) is 17.6. The van der Waals surface area contributed by atoms with Gasteiger partial charge in [-0.3, -0.25) is 14.6 Å². The Morgan fingerprint density at radius 2 is 1.82 bits per heavy atom. The van der Waals surface area contributed by atoms with Crippen LogP contribution in [0.25, 0.3) is 5.76 Å². The number of pyridine rings is 1. The zero-order valence-electron chi connectivity index (χ0n) is 18.2. The third kappa shape index (κ3) is 4.48. The molecule has 0 radical (unpaired) electrons. The van der Waals surface area contributed by atoms with Gasteiger partial charge in [0.2, 0.25) is 0 Å². The Bertz CT molecular complexity index is 1210. The molecule has 2 aromatic carbocycles. The van der Waals surface area contributed by atoms with Crippen LogP contribution in [0, 0.1) is 5.82 Å². The first-order chi connectivity index (χ1) is 15.9. The smallest absolute Gasteiger partial charge is 0.295 e. The van der Waals surface area contributed by atoms with E-state index in [1.54, 1.807) is 54.9 Å². The van der Waals surface area contributed by atoms with Gasteiger partial charge in [-0.1, -0.05) is 24.3 Å². The summed E-state index contributed by atoms with van der Waals surface area (Å²) in [7, 11) is 0. The van der Waals surface area contributed by atoms with Gasteiger partial charge in [-0.2, -0.15) is 0 Å². The van der Waals surface area contributed by atoms with Gasteiger partial charge in [0, 0.05) is 30.1 Å². The predicted octanol–water partition coefficient (Wildman–Crippen LogP) is 4.63. The molecule has 2 heterocycles. The molecule has 1 aliphatic heterocycles. The van der Waals surface area contributed by atoms with Gasteiger partial charge in [0.15, 0.2) is 0 Å². The van der Waals surface area contributed by atoms with Crippen molar-refractivity contribution in [2.45, 2.75) is 32.5 Å². The number of likely N-dealkylation sites (tertiary alicyclic amines) is 1. The minimum Gasteiger partial charge on any atom is -0.507 e. The van der Waals surface area contributed by atoms with Crippen molar-refractivity contribution in [1.29, 1.82) is 0 Å². The number of benzene rings is 2. The van der Waals surface area contributed by atoms with E-state index in [9.17, 15) is 19.1 Å². The Balaban J connectivity index is 1.82. The number of carbonyl (C=O) groups is 2. The Hall–Kier alpha value is -4.00. The van der Waals surface area contributed by atoms with Crippen molar-refractivity contribution in [2.75, 3.05) is 0 Å². The summed E-state index contributed by atoms with van der Waals surface area (Å²) in [6.45, 7) is 3.83. The lowest BCUT2D eigenvalue weighted by Gasteiger charge is -2.25. The van der Waals surface area contributed by atoms with Crippen molar-refractivity contribution >= 4 is 17.4 Å². The molecule has 0 aliphatic carbocycles. The molecule has 0 bridgehead atoms. The van der Waals surface area contributed by atoms with Crippen molar-refractivity contribution < 1.29 is 23.8 Å². The zero-order valence-corrected chi connectivity index (χ0v) is 18.2. The highest BCUT2D eigenvalue weighted by Crippen LogP contribution is 2.41. The van der Waals surface area contributed by atoms with Gasteiger partial charge in [-0.05, 0) is 55.8 Å². The van der Waals surface area contributed by atoms with Gasteiger partial charge in [-0.15, -0.1) is 0 Å². The number of hydrogen-bond acceptors (Lipinski definition) is 5. The highest BCUT2D eigenvalue weighted by Gasteiger charge is 2.46. The summed E-state index contributed by atoms with van der Waals surface area (Å²) < 4.78 is 20.5. The van der Waals surface area contributed by atoms with Crippen LogP contribution < -0.4 is 4.74 Å². The van der Waals surface area contributed by atoms with Gasteiger partial charge in [0.25, 0.3) is 11.7 Å². The molecule has 168 valence electrons. The third-order valence-electron chi connectivity index (χ3n) is 5.32. The van der Waals surface area contributed by atoms with Crippen LogP contribution in [0.2, 0.25) is 0 Å². The number of rotatable bonds is 6. The lowest BCUT2D eigenvalue weighted by Crippen LogP contribution is -2.29. The molecule has 0 spiro atoms. The van der Waals surface area contributed by atoms with E-state index in [4.69, 9.17) is 4.74 Å². The van der Waals surface area contributed by atoms with Crippen molar-refractivity contribution in [3.05, 3.63) is 101 Å². The predicted molar refractivity (Wildman–Crippen MR) is 121 cm³/mol. The van der Waals surface area contributed by atoms with Crippen LogP contribution in [0.4, 0.5) is 4.39 Å². The standard InChI is InChI=1S/C26H23FN2O4/c1-16(2)33-19-11-9-18(10-12-19)24(30)22-23(20-7-3-4-8-21(20)27)29(26(32)25(22)31)15-17-6-5-13-28-14-17/h3-14,16,23,30H,15H2,1-2H3/t23-/m0/s1. The quantitative estimate of drug-likeness (QED) is 0.339. The Kier molecular flexibility index (Phi) is 6.22. The van der Waals surface area contributed by atoms with Crippen LogP contribution in [-0.4, -0.2) is 32.8 Å². The number of nitrogens with zero attached hydrogens (tertiary/aromatic N) is 2. The fourth-order valence-corrected chi connectivity index (χ4v) is 3.87. The highest BCUT2D eigenvalue weighted by atomic mass is 19.1. The lowest BCUT2D eigenvalue weighted by molar-refractivity contribution is -0.140. The monoisotopic (exact) mass is 446 g/mol. The van der Waals surface area contributed by atoms with Crippen molar-refractivity contribution in [3.63, 3.8) is 0 Å². The molecule has 1 amide bonds. The number of ether oxygens (including phenoxy) is 1. The van der Waals surface area contributed by atoms with Gasteiger partial charge < -0.3 is 14.7 Å². The van der Waals surface area contributed by atoms with Crippen molar-refractivity contribution in [3.8, 4) is 5.75 Å². The highest BCUT2D eigenvalue weighted by molar-refractivity contribution is 6.46. The summed E-state index contributed by atoms with van der Waals surface area (Å²) in [5.41, 5.74) is 0.969. The number of aliphatic hydroxyl groups is 1. The SMILES string of the molecule is CC(C)Oc1ccc(C(O)=C2C(=O)C(=O)N(Cc3cccnc3)[C@H]2c2ccccc2F)cc1. The molecule has 4 rings (SSSR count). The first-order valence-electron chi connectivity index (χ1n) is 10.6. The largest absolute Gasteiger partial charge is 0.507 e. The van der Waals surface area contributed by atoms with Crippen LogP contribution in [0.1, 0.15) is 36.6 Å². The summed E-state index contributed by atoms with van der Waals surface area (Å²) in [5.74, 6) is -2.02. The van der Waals surface area contributed by atoms with E-state index in [1.807, 2.05) is 13.8 Å². The molecule has 1 N–H and O–H groups in total. The van der Waals surface area contributed by atoms with Crippen LogP contribution in [0.15, 0.2) is 78.6 Å². The molecule has 0 unspecified atom stereocenters. The minimum atomic E-state index is -1.09. The molecule has 6 nitrogen and oxygen atoms in total. The first kappa shape index (κ1) is 22.2. The number of aliphatic hydroxyl groups excluding tert-OH is 1. The van der Waals surface area contributed by atoms with E-state index in [2.05, 4.69) is 4.98 Å². The number of carbonyl (C=O) groups excluding carboxylic acids is 2. The maximum atomic E-state index is 14.8. The number of ketones is 1. The average Bonchev–Trinajstić information content (AvgIpc) is 3.04. The van der Waals surface area contributed by atoms with Gasteiger partial charge in [0.05, 0.1) is 17.7 Å². The second-order valence-corrected chi connectivity index (χ2v) is 8.00. The molecule has 1 aromatic heterocycles. The second kappa shape index (κ2) is 9.24. The third-order valence-corrected chi connectivity index (χ3v) is 5.32. The molecule has 7 heteroatoms. The first-order valence-corrected chi connectivity index (χ1v) is 10.6. The molecule has 1 fully saturated rings. The number of Topliss-reactive ketones (excluding diaryl/α,β-unsaturated/α-hetero) is 1. The van der Waals surface area contributed by atoms with Crippen LogP contribution >= 0.6 is 0 Å². The second-order valence-electron chi connectivity index (χ2n) is 8.00. The molecule has 1 saturated heterocycles. The maximum Gasteiger partial charge on any atom is 0.295 e. The van der Waals surface area contributed by atoms with Crippen LogP contribution in [0.3, 0.4) is 0 Å². The summed E-state index contributed by atoms with van der Waals surface area (Å²) >= 11 is 0. The summed E-state index contributed by atoms with van der Waals surface area (Å²) in [5, 5.41) is 11.1. The van der Waals surface area contributed by atoms with Crippen molar-refractivity contribution in [2.24, 2.45) is 0 Å². The summed E-state index contributed by atoms with van der Waals surface area (Å²) in [6, 6.07) is 14.8. The molecule has 1 atom stereocenters. The Labute approximate surface area is 191 Å². The van der Waals surface area contributed by atoms with E-state index < -0.39 is 23.5 Å². The summed E-state index contributed by atoms with van der Waals surface area (Å²) in [6.07, 6.45) is 3.15. The van der Waals surface area contributed by atoms with Crippen LogP contribution in [-0.2, 0) is 16.1 Å². The molecule has 33 heavy (non-hydrogen) atoms. The Morgan fingerprint density at radius 3 is 2.45 bits per heavy atom. The van der Waals surface area contributed by atoms with Gasteiger partial charge in [0.1, 0.15) is 17.3 Å². The van der Waals surface area contributed by atoms with E-state index >= 15 is 0 Å². The number of hydrogen-bond donors (Lipinski definition) is 1. The fourth-order valence-electron chi connectivity index (χ4n) is 3.87. The lowest BCUT2D eigenvalue weighted by atomic mass is 9.94. The number of aromatic nitrogens is 1. The molecular formula is C26H23FN2O4. The summed E-state index contributed by atoms with van der Waals surface area (Å²) in [4.78, 5) is 31.4. The number of amides is 1. The molecule has 3 aromatic rings. The molecule has 0 saturated carbocycles. The van der Waals surface area contributed by atoms with Gasteiger partial charge >= 0.3 is 0 Å². The molecular weight excluding hydrogens is 423 g/mol. The van der Waals surface area contributed by atoms with E-state index in [0.29, 0.717) is 16.9 Å². The average molecular weight is 446 g/mol. The van der Waals surface area contributed by atoms with Gasteiger partial charge in [-0.25, -0.2) is 4.39 Å². The fraction of sp³-hybridized carbons (Fsp3) is 0.192. The van der Waals surface area contributed by atoms with Crippen LogP contribution in [0.5, 0.6) is 5.75 Å². The van der Waals surface area contributed by atoms with E-state index in [1.165, 1.54) is 23.1 Å². The number of halogens is 1. The topological polar surface area (TPSA) is 79.7 Å². The molecule has 1 aliphatic rings. The minimum absolute atomic E-state index is 0.0247. The Morgan fingerprint density at radius 1 is 1.09 bits per heavy atom. The zero-order chi connectivity index (χ0) is 23.5. The van der Waals surface area contributed by atoms with E-state index in [-0.39, 0.29) is 29.5 Å². The van der Waals surface area contributed by atoms with Crippen molar-refractivity contribution in [1.82, 2.24) is 9.88 Å². The maximum absolute atomic E-state index is 14.8. The van der Waals surface area contributed by atoms with E-state index in [0.717, 1.165) is 0 Å².